The number of nitrogens with one attached hydrogen (secondary N) is 1. The van der Waals surface area contributed by atoms with Gasteiger partial charge in [-0.05, 0) is 18.8 Å². The van der Waals surface area contributed by atoms with E-state index in [9.17, 15) is 13.2 Å². The Morgan fingerprint density at radius 2 is 1.96 bits per heavy atom. The smallest absolute Gasteiger partial charge is 0.262 e. The standard InChI is InChI=1S/C16H27N5O3S/c1-13(2)9-20-11-16(17-12-20)25(23,24)21-7-5-19(6-8-21)10-15(22)18-14-3-4-14/h11-14H,3-10H2,1-2H3,(H,18,22). The second-order valence-corrected chi connectivity index (χ2v) is 9.21. The zero-order chi connectivity index (χ0) is 18.0. The van der Waals surface area contributed by atoms with Gasteiger partial charge in [-0.2, -0.15) is 4.31 Å². The van der Waals surface area contributed by atoms with E-state index in [-0.39, 0.29) is 10.9 Å². The maximum atomic E-state index is 12.7. The van der Waals surface area contributed by atoms with Gasteiger partial charge in [0.2, 0.25) is 5.91 Å². The van der Waals surface area contributed by atoms with E-state index in [0.717, 1.165) is 19.4 Å². The lowest BCUT2D eigenvalue weighted by atomic mass is 10.2. The molecule has 3 rings (SSSR count). The Balaban J connectivity index is 1.53. The SMILES string of the molecule is CC(C)Cn1cnc(S(=O)(=O)N2CCN(CC(=O)NC3CC3)CC2)c1. The molecule has 25 heavy (non-hydrogen) atoms. The number of hydrogen-bond acceptors (Lipinski definition) is 5. The highest BCUT2D eigenvalue weighted by Crippen LogP contribution is 2.19. The average molecular weight is 369 g/mol. The summed E-state index contributed by atoms with van der Waals surface area (Å²) in [6.07, 6.45) is 5.32. The molecule has 1 N–H and O–H groups in total. The Kier molecular flexibility index (Phi) is 5.45. The second-order valence-electron chi connectivity index (χ2n) is 7.32. The van der Waals surface area contributed by atoms with Crippen LogP contribution in [0.25, 0.3) is 0 Å². The number of sulfonamides is 1. The van der Waals surface area contributed by atoms with Crippen LogP contribution in [0.1, 0.15) is 26.7 Å². The van der Waals surface area contributed by atoms with Gasteiger partial charge < -0.3 is 9.88 Å². The summed E-state index contributed by atoms with van der Waals surface area (Å²) in [5, 5.41) is 3.07. The van der Waals surface area contributed by atoms with Crippen molar-refractivity contribution in [2.45, 2.75) is 44.3 Å². The van der Waals surface area contributed by atoms with Crippen LogP contribution >= 0.6 is 0 Å². The largest absolute Gasteiger partial charge is 0.352 e. The molecule has 1 aliphatic carbocycles. The first-order valence-electron chi connectivity index (χ1n) is 8.88. The highest BCUT2D eigenvalue weighted by molar-refractivity contribution is 7.89. The molecule has 8 nitrogen and oxygen atoms in total. The van der Waals surface area contributed by atoms with E-state index in [0.29, 0.717) is 44.7 Å². The van der Waals surface area contributed by atoms with Gasteiger partial charge in [-0.1, -0.05) is 13.8 Å². The predicted octanol–water partition coefficient (Wildman–Crippen LogP) is 0.124. The van der Waals surface area contributed by atoms with E-state index in [1.54, 1.807) is 12.5 Å². The number of aromatic nitrogens is 2. The minimum atomic E-state index is -3.56. The van der Waals surface area contributed by atoms with Crippen molar-refractivity contribution in [2.24, 2.45) is 5.92 Å². The number of imidazole rings is 1. The Morgan fingerprint density at radius 3 is 2.56 bits per heavy atom. The minimum Gasteiger partial charge on any atom is -0.352 e. The fraction of sp³-hybridized carbons (Fsp3) is 0.750. The molecule has 1 aromatic rings. The third kappa shape index (κ3) is 4.80. The number of hydrogen-bond donors (Lipinski definition) is 1. The first-order valence-corrected chi connectivity index (χ1v) is 10.3. The Morgan fingerprint density at radius 1 is 1.28 bits per heavy atom. The van der Waals surface area contributed by atoms with Crippen LogP contribution in [-0.4, -0.2) is 71.8 Å². The first-order chi connectivity index (χ1) is 11.8. The maximum absolute atomic E-state index is 12.7. The molecule has 2 aliphatic rings. The molecule has 1 amide bonds. The van der Waals surface area contributed by atoms with Gasteiger partial charge in [0.15, 0.2) is 5.03 Å². The van der Waals surface area contributed by atoms with Gasteiger partial charge in [0.25, 0.3) is 10.0 Å². The zero-order valence-electron chi connectivity index (χ0n) is 14.9. The van der Waals surface area contributed by atoms with Crippen molar-refractivity contribution < 1.29 is 13.2 Å². The Hall–Kier alpha value is -1.45. The predicted molar refractivity (Wildman–Crippen MR) is 93.4 cm³/mol. The number of piperazine rings is 1. The summed E-state index contributed by atoms with van der Waals surface area (Å²) in [5.41, 5.74) is 0. The summed E-state index contributed by atoms with van der Waals surface area (Å²) in [6.45, 7) is 7.12. The topological polar surface area (TPSA) is 87.5 Å². The summed E-state index contributed by atoms with van der Waals surface area (Å²) in [5.74, 6) is 0.460. The minimum absolute atomic E-state index is 0.0336. The fourth-order valence-electron chi connectivity index (χ4n) is 2.96. The van der Waals surface area contributed by atoms with E-state index < -0.39 is 10.0 Å². The summed E-state index contributed by atoms with van der Waals surface area (Å²) in [6, 6.07) is 0.357. The third-order valence-electron chi connectivity index (χ3n) is 4.43. The summed E-state index contributed by atoms with van der Waals surface area (Å²) >= 11 is 0. The Labute approximate surface area is 149 Å². The van der Waals surface area contributed by atoms with E-state index in [4.69, 9.17) is 0 Å². The van der Waals surface area contributed by atoms with Crippen LogP contribution in [0.4, 0.5) is 0 Å². The van der Waals surface area contributed by atoms with Crippen molar-refractivity contribution in [1.29, 1.82) is 0 Å². The van der Waals surface area contributed by atoms with Crippen molar-refractivity contribution in [3.8, 4) is 0 Å². The molecule has 1 saturated heterocycles. The monoisotopic (exact) mass is 369 g/mol. The van der Waals surface area contributed by atoms with Crippen LogP contribution in [0.15, 0.2) is 17.6 Å². The van der Waals surface area contributed by atoms with Gasteiger partial charge in [0, 0.05) is 45.0 Å². The van der Waals surface area contributed by atoms with Gasteiger partial charge in [0.1, 0.15) is 0 Å². The van der Waals surface area contributed by atoms with Crippen LogP contribution in [0, 0.1) is 5.92 Å². The number of rotatable bonds is 7. The maximum Gasteiger partial charge on any atom is 0.262 e. The van der Waals surface area contributed by atoms with Crippen LogP contribution in [0.3, 0.4) is 0 Å². The molecule has 2 heterocycles. The molecule has 140 valence electrons. The number of carbonyl (C=O) groups excluding carboxylic acids is 1. The molecule has 0 unspecified atom stereocenters. The average Bonchev–Trinajstić information content (AvgIpc) is 3.22. The second kappa shape index (κ2) is 7.43. The molecule has 0 aromatic carbocycles. The van der Waals surface area contributed by atoms with E-state index in [2.05, 4.69) is 24.1 Å². The van der Waals surface area contributed by atoms with Gasteiger partial charge in [-0.3, -0.25) is 9.69 Å². The van der Waals surface area contributed by atoms with Crippen LogP contribution in [0.2, 0.25) is 0 Å². The van der Waals surface area contributed by atoms with Crippen LogP contribution in [0.5, 0.6) is 0 Å². The summed E-state index contributed by atoms with van der Waals surface area (Å²) in [4.78, 5) is 17.9. The molecule has 1 aliphatic heterocycles. The molecule has 1 saturated carbocycles. The lowest BCUT2D eigenvalue weighted by molar-refractivity contribution is -0.122. The molecule has 0 spiro atoms. The first kappa shape index (κ1) is 18.3. The van der Waals surface area contributed by atoms with Crippen LogP contribution < -0.4 is 5.32 Å². The third-order valence-corrected chi connectivity index (χ3v) is 6.22. The molecule has 0 radical (unpaired) electrons. The van der Waals surface area contributed by atoms with Crippen molar-refractivity contribution in [2.75, 3.05) is 32.7 Å². The fourth-order valence-corrected chi connectivity index (χ4v) is 4.32. The molecular weight excluding hydrogens is 342 g/mol. The summed E-state index contributed by atoms with van der Waals surface area (Å²) < 4.78 is 28.7. The molecular formula is C16H27N5O3S. The van der Waals surface area contributed by atoms with Crippen LogP contribution in [-0.2, 0) is 21.4 Å². The summed E-state index contributed by atoms with van der Waals surface area (Å²) in [7, 11) is -3.56. The quantitative estimate of drug-likeness (QED) is 0.738. The normalized spacial score (nSPS) is 20.1. The van der Waals surface area contributed by atoms with E-state index >= 15 is 0 Å². The van der Waals surface area contributed by atoms with Crippen molar-refractivity contribution in [1.82, 2.24) is 24.1 Å². The van der Waals surface area contributed by atoms with Gasteiger partial charge >= 0.3 is 0 Å². The number of amides is 1. The van der Waals surface area contributed by atoms with Gasteiger partial charge in [-0.15, -0.1) is 0 Å². The molecule has 9 heteroatoms. The van der Waals surface area contributed by atoms with Crippen molar-refractivity contribution >= 4 is 15.9 Å². The number of nitrogens with zero attached hydrogens (tertiary/aromatic N) is 4. The van der Waals surface area contributed by atoms with E-state index in [1.807, 2.05) is 9.47 Å². The lowest BCUT2D eigenvalue weighted by Gasteiger charge is -2.33. The molecule has 0 bridgehead atoms. The lowest BCUT2D eigenvalue weighted by Crippen LogP contribution is -2.51. The van der Waals surface area contributed by atoms with Gasteiger partial charge in [-0.25, -0.2) is 13.4 Å². The highest BCUT2D eigenvalue weighted by atomic mass is 32.2. The van der Waals surface area contributed by atoms with Crippen molar-refractivity contribution in [3.05, 3.63) is 12.5 Å². The number of carbonyl (C=O) groups is 1. The Bertz CT molecular complexity index is 703. The molecule has 2 fully saturated rings. The molecule has 0 atom stereocenters. The highest BCUT2D eigenvalue weighted by Gasteiger charge is 2.31. The molecule has 1 aromatic heterocycles. The van der Waals surface area contributed by atoms with Gasteiger partial charge in [0.05, 0.1) is 12.9 Å². The van der Waals surface area contributed by atoms with Crippen molar-refractivity contribution in [3.63, 3.8) is 0 Å². The van der Waals surface area contributed by atoms with E-state index in [1.165, 1.54) is 4.31 Å². The zero-order valence-corrected chi connectivity index (χ0v) is 15.7.